The highest BCUT2D eigenvalue weighted by Crippen LogP contribution is 2.21. The summed E-state index contributed by atoms with van der Waals surface area (Å²) in [5, 5.41) is 13.7. The summed E-state index contributed by atoms with van der Waals surface area (Å²) in [5.74, 6) is -2.13. The van der Waals surface area contributed by atoms with Crippen molar-refractivity contribution in [3.63, 3.8) is 0 Å². The summed E-state index contributed by atoms with van der Waals surface area (Å²) in [6, 6.07) is 3.25. The summed E-state index contributed by atoms with van der Waals surface area (Å²) in [4.78, 5) is 33.5. The molecule has 0 aromatic heterocycles. The molecule has 114 valence electrons. The fourth-order valence-electron chi connectivity index (χ4n) is 1.69. The van der Waals surface area contributed by atoms with Gasteiger partial charge in [-0.05, 0) is 30.2 Å². The number of rotatable bonds is 6. The molecule has 7 nitrogen and oxygen atoms in total. The molecule has 1 aromatic rings. The standard InChI is InChI=1S/C13H16BrN3O4/c1-2-7-5-8(14)3-4-9(7)16-13(21)17-10(12(19)20)6-11(15)18/h3-5,10H,2,6H2,1H3,(H2,15,18)(H,19,20)(H2,16,17,21)/t10-/m1/s1. The predicted molar refractivity (Wildman–Crippen MR) is 80.9 cm³/mol. The maximum Gasteiger partial charge on any atom is 0.326 e. The van der Waals surface area contributed by atoms with Gasteiger partial charge in [0.15, 0.2) is 0 Å². The monoisotopic (exact) mass is 357 g/mol. The predicted octanol–water partition coefficient (Wildman–Crippen LogP) is 1.46. The van der Waals surface area contributed by atoms with Gasteiger partial charge in [-0.25, -0.2) is 9.59 Å². The Morgan fingerprint density at radius 2 is 2.05 bits per heavy atom. The van der Waals surface area contributed by atoms with Gasteiger partial charge in [-0.15, -0.1) is 0 Å². The lowest BCUT2D eigenvalue weighted by atomic mass is 10.1. The Balaban J connectivity index is 2.76. The number of carbonyl (C=O) groups excluding carboxylic acids is 2. The number of urea groups is 1. The average Bonchev–Trinajstić information content (AvgIpc) is 2.39. The SMILES string of the molecule is CCc1cc(Br)ccc1NC(=O)N[C@H](CC(N)=O)C(=O)O. The Morgan fingerprint density at radius 3 is 2.57 bits per heavy atom. The number of amides is 3. The van der Waals surface area contributed by atoms with Gasteiger partial charge in [0, 0.05) is 10.2 Å². The number of hydrogen-bond acceptors (Lipinski definition) is 3. The third-order valence-electron chi connectivity index (χ3n) is 2.71. The Labute approximate surface area is 130 Å². The molecule has 0 aliphatic carbocycles. The number of aliphatic carboxylic acids is 1. The minimum absolute atomic E-state index is 0.469. The molecule has 1 rings (SSSR count). The van der Waals surface area contributed by atoms with Gasteiger partial charge in [0.05, 0.1) is 6.42 Å². The summed E-state index contributed by atoms with van der Waals surface area (Å²) in [6.45, 7) is 1.93. The number of carboxylic acids is 1. The van der Waals surface area contributed by atoms with E-state index in [1.54, 1.807) is 12.1 Å². The lowest BCUT2D eigenvalue weighted by Crippen LogP contribution is -2.45. The first-order valence-electron chi connectivity index (χ1n) is 6.20. The minimum Gasteiger partial charge on any atom is -0.480 e. The van der Waals surface area contributed by atoms with E-state index in [0.717, 1.165) is 10.0 Å². The van der Waals surface area contributed by atoms with Crippen molar-refractivity contribution < 1.29 is 19.5 Å². The van der Waals surface area contributed by atoms with Crippen LogP contribution in [0.25, 0.3) is 0 Å². The Bertz CT molecular complexity index is 562. The van der Waals surface area contributed by atoms with Crippen molar-refractivity contribution in [3.05, 3.63) is 28.2 Å². The van der Waals surface area contributed by atoms with Crippen LogP contribution in [0.4, 0.5) is 10.5 Å². The fourth-order valence-corrected chi connectivity index (χ4v) is 2.10. The van der Waals surface area contributed by atoms with Crippen LogP contribution in [0.5, 0.6) is 0 Å². The average molecular weight is 358 g/mol. The van der Waals surface area contributed by atoms with Crippen LogP contribution in [-0.2, 0) is 16.0 Å². The number of halogens is 1. The lowest BCUT2D eigenvalue weighted by molar-refractivity contribution is -0.140. The Morgan fingerprint density at radius 1 is 1.38 bits per heavy atom. The molecule has 0 saturated heterocycles. The lowest BCUT2D eigenvalue weighted by Gasteiger charge is -2.15. The van der Waals surface area contributed by atoms with Gasteiger partial charge >= 0.3 is 12.0 Å². The van der Waals surface area contributed by atoms with Gasteiger partial charge in [-0.2, -0.15) is 0 Å². The molecule has 1 aromatic carbocycles. The number of nitrogens with one attached hydrogen (secondary N) is 2. The first-order valence-corrected chi connectivity index (χ1v) is 6.99. The van der Waals surface area contributed by atoms with E-state index in [4.69, 9.17) is 10.8 Å². The van der Waals surface area contributed by atoms with Gasteiger partial charge in [-0.3, -0.25) is 4.79 Å². The summed E-state index contributed by atoms with van der Waals surface area (Å²) < 4.78 is 0.877. The molecule has 8 heteroatoms. The van der Waals surface area contributed by atoms with E-state index in [0.29, 0.717) is 12.1 Å². The molecule has 0 heterocycles. The van der Waals surface area contributed by atoms with Gasteiger partial charge in [0.1, 0.15) is 6.04 Å². The minimum atomic E-state index is -1.36. The molecule has 0 aliphatic rings. The van der Waals surface area contributed by atoms with E-state index in [1.807, 2.05) is 13.0 Å². The van der Waals surface area contributed by atoms with Crippen LogP contribution in [0.3, 0.4) is 0 Å². The highest BCUT2D eigenvalue weighted by atomic mass is 79.9. The highest BCUT2D eigenvalue weighted by Gasteiger charge is 2.22. The van der Waals surface area contributed by atoms with E-state index < -0.39 is 30.4 Å². The first-order chi connectivity index (χ1) is 9.83. The van der Waals surface area contributed by atoms with Gasteiger partial charge in [0.25, 0.3) is 0 Å². The van der Waals surface area contributed by atoms with E-state index >= 15 is 0 Å². The zero-order valence-electron chi connectivity index (χ0n) is 11.4. The van der Waals surface area contributed by atoms with Crippen LogP contribution in [0, 0.1) is 0 Å². The van der Waals surface area contributed by atoms with Crippen LogP contribution in [-0.4, -0.2) is 29.1 Å². The number of benzene rings is 1. The maximum absolute atomic E-state index is 11.8. The van der Waals surface area contributed by atoms with Crippen molar-refractivity contribution in [1.29, 1.82) is 0 Å². The Hall–Kier alpha value is -2.09. The zero-order valence-corrected chi connectivity index (χ0v) is 12.9. The van der Waals surface area contributed by atoms with Gasteiger partial charge in [-0.1, -0.05) is 22.9 Å². The van der Waals surface area contributed by atoms with E-state index in [1.165, 1.54) is 0 Å². The van der Waals surface area contributed by atoms with Crippen LogP contribution in [0.2, 0.25) is 0 Å². The van der Waals surface area contributed by atoms with Gasteiger partial charge < -0.3 is 21.5 Å². The molecule has 0 spiro atoms. The van der Waals surface area contributed by atoms with Crippen LogP contribution in [0.1, 0.15) is 18.9 Å². The van der Waals surface area contributed by atoms with E-state index in [-0.39, 0.29) is 0 Å². The summed E-state index contributed by atoms with van der Waals surface area (Å²) in [6.07, 6.45) is 0.225. The number of aryl methyl sites for hydroxylation is 1. The fraction of sp³-hybridized carbons (Fsp3) is 0.308. The van der Waals surface area contributed by atoms with Crippen molar-refractivity contribution in [1.82, 2.24) is 5.32 Å². The molecule has 0 unspecified atom stereocenters. The molecule has 0 fully saturated rings. The third kappa shape index (κ3) is 5.42. The van der Waals surface area contributed by atoms with Crippen molar-refractivity contribution in [2.24, 2.45) is 5.73 Å². The molecule has 21 heavy (non-hydrogen) atoms. The number of carboxylic acid groups (broad SMARTS) is 1. The maximum atomic E-state index is 11.8. The second-order valence-electron chi connectivity index (χ2n) is 4.31. The molecular weight excluding hydrogens is 342 g/mol. The van der Waals surface area contributed by atoms with Crippen molar-refractivity contribution in [3.8, 4) is 0 Å². The summed E-state index contributed by atoms with van der Waals surface area (Å²) >= 11 is 3.33. The molecule has 1 atom stereocenters. The molecule has 0 saturated carbocycles. The molecule has 0 bridgehead atoms. The normalized spacial score (nSPS) is 11.5. The number of anilines is 1. The van der Waals surface area contributed by atoms with Crippen LogP contribution in [0.15, 0.2) is 22.7 Å². The molecule has 3 amide bonds. The molecule has 0 radical (unpaired) electrons. The van der Waals surface area contributed by atoms with Crippen LogP contribution < -0.4 is 16.4 Å². The molecule has 0 aliphatic heterocycles. The number of carbonyl (C=O) groups is 3. The van der Waals surface area contributed by atoms with Crippen molar-refractivity contribution in [2.45, 2.75) is 25.8 Å². The second-order valence-corrected chi connectivity index (χ2v) is 5.23. The summed E-state index contributed by atoms with van der Waals surface area (Å²) in [5.41, 5.74) is 6.40. The summed E-state index contributed by atoms with van der Waals surface area (Å²) in [7, 11) is 0. The number of primary amides is 1. The highest BCUT2D eigenvalue weighted by molar-refractivity contribution is 9.10. The molecular formula is C13H16BrN3O4. The third-order valence-corrected chi connectivity index (χ3v) is 3.20. The smallest absolute Gasteiger partial charge is 0.326 e. The quantitative estimate of drug-likeness (QED) is 0.615. The largest absolute Gasteiger partial charge is 0.480 e. The first kappa shape index (κ1) is 17.0. The van der Waals surface area contributed by atoms with E-state index in [9.17, 15) is 14.4 Å². The number of nitrogens with two attached hydrogens (primary N) is 1. The van der Waals surface area contributed by atoms with Crippen molar-refractivity contribution in [2.75, 3.05) is 5.32 Å². The van der Waals surface area contributed by atoms with Crippen LogP contribution >= 0.6 is 15.9 Å². The Kier molecular flexibility index (Phi) is 6.16. The van der Waals surface area contributed by atoms with Gasteiger partial charge in [0.2, 0.25) is 5.91 Å². The second kappa shape index (κ2) is 7.63. The topological polar surface area (TPSA) is 122 Å². The van der Waals surface area contributed by atoms with E-state index in [2.05, 4.69) is 26.6 Å². The molecule has 5 N–H and O–H groups in total. The number of hydrogen-bond donors (Lipinski definition) is 4. The van der Waals surface area contributed by atoms with Crippen molar-refractivity contribution >= 4 is 39.5 Å². The zero-order chi connectivity index (χ0) is 16.0.